The molecule has 1 aromatic carbocycles. The van der Waals surface area contributed by atoms with Crippen LogP contribution < -0.4 is 10.9 Å². The number of aryl methyl sites for hydroxylation is 1. The number of fused-ring (bicyclic) bond motifs is 2. The number of hydrogen-bond donors (Lipinski definition) is 3. The molecule has 3 N–H and O–H groups in total. The molecular weight excluding hydrogens is 529 g/mol. The molecule has 0 aliphatic carbocycles. The molecular formula is C24H18F5N7O3. The van der Waals surface area contributed by atoms with Gasteiger partial charge in [0.2, 0.25) is 0 Å². The maximum absolute atomic E-state index is 14.8. The van der Waals surface area contributed by atoms with E-state index >= 15 is 0 Å². The monoisotopic (exact) mass is 547 g/mol. The minimum atomic E-state index is -5.08. The van der Waals surface area contributed by atoms with Crippen LogP contribution in [0.3, 0.4) is 0 Å². The van der Waals surface area contributed by atoms with Crippen molar-refractivity contribution in [2.75, 3.05) is 5.32 Å². The van der Waals surface area contributed by atoms with E-state index in [-0.39, 0.29) is 16.8 Å². The van der Waals surface area contributed by atoms with Crippen molar-refractivity contribution < 1.29 is 31.9 Å². The highest BCUT2D eigenvalue weighted by molar-refractivity contribution is 5.82. The fraction of sp³-hybridized carbons (Fsp3) is 0.167. The van der Waals surface area contributed by atoms with Gasteiger partial charge in [-0.05, 0) is 32.0 Å². The molecule has 0 spiro atoms. The van der Waals surface area contributed by atoms with E-state index in [1.165, 1.54) is 29.2 Å². The molecule has 1 atom stereocenters. The summed E-state index contributed by atoms with van der Waals surface area (Å²) in [5, 5.41) is 10.3. The third kappa shape index (κ3) is 5.37. The molecule has 15 heteroatoms. The Bertz CT molecular complexity index is 1750. The quantitative estimate of drug-likeness (QED) is 0.281. The Morgan fingerprint density at radius 2 is 1.79 bits per heavy atom. The maximum Gasteiger partial charge on any atom is 0.490 e. The number of anilines is 1. The molecule has 1 unspecified atom stereocenters. The molecule has 5 rings (SSSR count). The molecule has 0 bridgehead atoms. The van der Waals surface area contributed by atoms with E-state index in [2.05, 4.69) is 30.2 Å². The van der Waals surface area contributed by atoms with E-state index in [0.29, 0.717) is 28.3 Å². The van der Waals surface area contributed by atoms with Crippen LogP contribution in [0, 0.1) is 18.6 Å². The van der Waals surface area contributed by atoms with Crippen LogP contribution in [0.1, 0.15) is 24.4 Å². The SMILES string of the molecule is Cc1cccc2nc(C(C)Nc3ncnc4[nH]cnc34)c(-c3cccc(F)c3F)c(=O)n12.O=C(O)C(F)(F)F. The fourth-order valence-electron chi connectivity index (χ4n) is 3.76. The Morgan fingerprint density at radius 3 is 2.49 bits per heavy atom. The molecule has 202 valence electrons. The van der Waals surface area contributed by atoms with Crippen molar-refractivity contribution in [2.24, 2.45) is 0 Å². The van der Waals surface area contributed by atoms with Crippen LogP contribution in [0.4, 0.5) is 27.8 Å². The van der Waals surface area contributed by atoms with Crippen LogP contribution in [0.2, 0.25) is 0 Å². The van der Waals surface area contributed by atoms with Gasteiger partial charge >= 0.3 is 12.1 Å². The second kappa shape index (κ2) is 10.4. The Kier molecular flexibility index (Phi) is 7.25. The molecule has 0 saturated heterocycles. The van der Waals surface area contributed by atoms with Gasteiger partial charge in [0, 0.05) is 11.3 Å². The summed E-state index contributed by atoms with van der Waals surface area (Å²) in [5.41, 5.74) is 1.64. The van der Waals surface area contributed by atoms with Gasteiger partial charge < -0.3 is 15.4 Å². The summed E-state index contributed by atoms with van der Waals surface area (Å²) in [5.74, 6) is -4.49. The predicted molar refractivity (Wildman–Crippen MR) is 129 cm³/mol. The minimum Gasteiger partial charge on any atom is -0.475 e. The van der Waals surface area contributed by atoms with Crippen LogP contribution in [0.25, 0.3) is 27.9 Å². The van der Waals surface area contributed by atoms with Gasteiger partial charge in [-0.3, -0.25) is 9.20 Å². The largest absolute Gasteiger partial charge is 0.490 e. The minimum absolute atomic E-state index is 0.0267. The highest BCUT2D eigenvalue weighted by Gasteiger charge is 2.38. The number of benzene rings is 1. The van der Waals surface area contributed by atoms with Crippen molar-refractivity contribution in [1.82, 2.24) is 29.3 Å². The average Bonchev–Trinajstić information content (AvgIpc) is 3.36. The molecule has 5 aromatic rings. The Labute approximate surface area is 215 Å². The third-order valence-electron chi connectivity index (χ3n) is 5.52. The zero-order valence-electron chi connectivity index (χ0n) is 20.1. The van der Waals surface area contributed by atoms with Crippen LogP contribution >= 0.6 is 0 Å². The highest BCUT2D eigenvalue weighted by atomic mass is 19.4. The van der Waals surface area contributed by atoms with Gasteiger partial charge in [-0.1, -0.05) is 18.2 Å². The molecule has 0 amide bonds. The molecule has 0 radical (unpaired) electrons. The number of aliphatic carboxylic acids is 1. The van der Waals surface area contributed by atoms with Gasteiger partial charge in [0.05, 0.1) is 23.6 Å². The van der Waals surface area contributed by atoms with Gasteiger partial charge in [-0.2, -0.15) is 13.2 Å². The second-order valence-corrected chi connectivity index (χ2v) is 8.13. The Hall–Kier alpha value is -4.95. The number of pyridine rings is 1. The number of carbonyl (C=O) groups is 1. The summed E-state index contributed by atoms with van der Waals surface area (Å²) in [4.78, 5) is 42.5. The van der Waals surface area contributed by atoms with Gasteiger partial charge in [-0.15, -0.1) is 0 Å². The fourth-order valence-corrected chi connectivity index (χ4v) is 3.76. The van der Waals surface area contributed by atoms with Crippen LogP contribution in [0.15, 0.2) is 53.8 Å². The lowest BCUT2D eigenvalue weighted by atomic mass is 10.0. The summed E-state index contributed by atoms with van der Waals surface area (Å²) < 4.78 is 62.0. The first-order chi connectivity index (χ1) is 18.4. The average molecular weight is 547 g/mol. The Morgan fingerprint density at radius 1 is 1.10 bits per heavy atom. The van der Waals surface area contributed by atoms with Gasteiger partial charge in [0.25, 0.3) is 5.56 Å². The molecule has 4 heterocycles. The number of alkyl halides is 3. The van der Waals surface area contributed by atoms with E-state index in [9.17, 15) is 26.7 Å². The van der Waals surface area contributed by atoms with Crippen LogP contribution in [-0.2, 0) is 4.79 Å². The topological polar surface area (TPSA) is 138 Å². The molecule has 39 heavy (non-hydrogen) atoms. The van der Waals surface area contributed by atoms with Crippen LogP contribution in [0.5, 0.6) is 0 Å². The summed E-state index contributed by atoms with van der Waals surface area (Å²) in [6.45, 7) is 3.51. The second-order valence-electron chi connectivity index (χ2n) is 8.13. The van der Waals surface area contributed by atoms with Crippen molar-refractivity contribution in [2.45, 2.75) is 26.1 Å². The van der Waals surface area contributed by atoms with E-state index in [0.717, 1.165) is 6.07 Å². The van der Waals surface area contributed by atoms with Crippen molar-refractivity contribution >= 4 is 28.6 Å². The molecule has 0 saturated carbocycles. The number of rotatable bonds is 4. The lowest BCUT2D eigenvalue weighted by Gasteiger charge is -2.19. The van der Waals surface area contributed by atoms with E-state index in [4.69, 9.17) is 9.90 Å². The maximum atomic E-state index is 14.8. The lowest BCUT2D eigenvalue weighted by Crippen LogP contribution is -2.25. The normalized spacial score (nSPS) is 12.2. The van der Waals surface area contributed by atoms with Gasteiger partial charge in [0.15, 0.2) is 23.1 Å². The smallest absolute Gasteiger partial charge is 0.475 e. The number of carboxylic acid groups (broad SMARTS) is 1. The summed E-state index contributed by atoms with van der Waals surface area (Å²) >= 11 is 0. The number of hydrogen-bond acceptors (Lipinski definition) is 7. The first kappa shape index (κ1) is 27.1. The molecule has 0 fully saturated rings. The van der Waals surface area contributed by atoms with Crippen molar-refractivity contribution in [3.63, 3.8) is 0 Å². The molecule has 4 aromatic heterocycles. The van der Waals surface area contributed by atoms with Crippen molar-refractivity contribution in [3.05, 3.63) is 82.4 Å². The number of nitrogens with one attached hydrogen (secondary N) is 2. The number of aromatic nitrogens is 6. The number of H-pyrrole nitrogens is 1. The van der Waals surface area contributed by atoms with Crippen molar-refractivity contribution in [1.29, 1.82) is 0 Å². The number of imidazole rings is 1. The summed E-state index contributed by atoms with van der Waals surface area (Å²) in [6.07, 6.45) is -2.22. The number of aromatic amines is 1. The Balaban J connectivity index is 0.000000448. The zero-order valence-corrected chi connectivity index (χ0v) is 20.1. The number of nitrogens with zero attached hydrogens (tertiary/aromatic N) is 5. The molecule has 0 aliphatic heterocycles. The van der Waals surface area contributed by atoms with Gasteiger partial charge in [-0.25, -0.2) is 33.5 Å². The lowest BCUT2D eigenvalue weighted by molar-refractivity contribution is -0.192. The third-order valence-corrected chi connectivity index (χ3v) is 5.52. The number of halogens is 5. The van der Waals surface area contributed by atoms with Crippen LogP contribution in [-0.4, -0.2) is 46.6 Å². The molecule has 10 nitrogen and oxygen atoms in total. The van der Waals surface area contributed by atoms with E-state index in [1.54, 1.807) is 32.0 Å². The summed E-state index contributed by atoms with van der Waals surface area (Å²) in [6, 6.07) is 8.35. The van der Waals surface area contributed by atoms with Gasteiger partial charge in [0.1, 0.15) is 17.5 Å². The number of carboxylic acids is 1. The van der Waals surface area contributed by atoms with E-state index < -0.39 is 35.4 Å². The first-order valence-electron chi connectivity index (χ1n) is 11.1. The highest BCUT2D eigenvalue weighted by Crippen LogP contribution is 2.30. The summed E-state index contributed by atoms with van der Waals surface area (Å²) in [7, 11) is 0. The molecule has 0 aliphatic rings. The zero-order chi connectivity index (χ0) is 28.5. The van der Waals surface area contributed by atoms with Crippen molar-refractivity contribution in [3.8, 4) is 11.1 Å². The predicted octanol–water partition coefficient (Wildman–Crippen LogP) is 4.42. The standard InChI is InChI=1S/C22H17F2N7O.C2HF3O2/c1-11-5-3-8-15-30-18(12(2)29-21-19-20(26-9-25-19)27-10-28-21)16(22(32)31(11)15)13-6-4-7-14(23)17(13)24;3-2(4,5)1(6)7/h3-10,12H,1-2H3,(H2,25,26,27,28,29);(H,6,7). The first-order valence-corrected chi connectivity index (χ1v) is 11.1. The van der Waals surface area contributed by atoms with E-state index in [1.807, 2.05) is 0 Å².